The summed E-state index contributed by atoms with van der Waals surface area (Å²) >= 11 is 6.21. The van der Waals surface area contributed by atoms with Gasteiger partial charge in [-0.3, -0.25) is 0 Å². The quantitative estimate of drug-likeness (QED) is 0.849. The topological polar surface area (TPSA) is 54.4 Å². The molecule has 0 heterocycles. The van der Waals surface area contributed by atoms with E-state index in [0.29, 0.717) is 5.56 Å². The van der Waals surface area contributed by atoms with E-state index >= 15 is 0 Å². The molecule has 18 heavy (non-hydrogen) atoms. The van der Waals surface area contributed by atoms with E-state index in [1.807, 2.05) is 13.0 Å². The van der Waals surface area contributed by atoms with Crippen molar-refractivity contribution in [3.63, 3.8) is 0 Å². The van der Waals surface area contributed by atoms with E-state index in [9.17, 15) is 13.5 Å². The number of benzene rings is 1. The monoisotopic (exact) mass is 290 g/mol. The van der Waals surface area contributed by atoms with E-state index in [2.05, 4.69) is 0 Å². The van der Waals surface area contributed by atoms with E-state index < -0.39 is 20.1 Å². The van der Waals surface area contributed by atoms with Gasteiger partial charge < -0.3 is 5.11 Å². The van der Waals surface area contributed by atoms with Crippen molar-refractivity contribution in [2.75, 3.05) is 5.75 Å². The van der Waals surface area contributed by atoms with Gasteiger partial charge >= 0.3 is 0 Å². The highest BCUT2D eigenvalue weighted by Gasteiger charge is 2.46. The molecule has 102 valence electrons. The second-order valence-corrected chi connectivity index (χ2v) is 7.79. The van der Waals surface area contributed by atoms with Gasteiger partial charge in [-0.25, -0.2) is 8.42 Å². The maximum Gasteiger partial charge on any atom is 0.175 e. The van der Waals surface area contributed by atoms with Crippen molar-refractivity contribution in [1.29, 1.82) is 0 Å². The van der Waals surface area contributed by atoms with Crippen molar-refractivity contribution >= 4 is 21.4 Å². The van der Waals surface area contributed by atoms with Crippen LogP contribution in [0.1, 0.15) is 37.5 Å². The molecule has 0 bridgehead atoms. The molecule has 1 aromatic rings. The molecule has 0 aliphatic heterocycles. The van der Waals surface area contributed by atoms with Crippen LogP contribution < -0.4 is 0 Å². The van der Waals surface area contributed by atoms with Gasteiger partial charge in [-0.05, 0) is 18.9 Å². The zero-order chi connectivity index (χ0) is 14.0. The Kier molecular flexibility index (Phi) is 4.81. The van der Waals surface area contributed by atoms with Gasteiger partial charge in [0, 0.05) is 5.75 Å². The second-order valence-electron chi connectivity index (χ2n) is 4.36. The van der Waals surface area contributed by atoms with Crippen LogP contribution in [0.3, 0.4) is 0 Å². The standard InChI is InChI=1S/C13H19ClO3S/c1-4-13(14,18(16,17)5-2)12(15)11-8-6-7-10(3)9-11/h6-9,12,15H,4-5H2,1-3H3/t12-,13+/m1/s1. The van der Waals surface area contributed by atoms with Gasteiger partial charge in [0.1, 0.15) is 6.10 Å². The Bertz CT molecular complexity index is 513. The van der Waals surface area contributed by atoms with E-state index in [-0.39, 0.29) is 12.2 Å². The van der Waals surface area contributed by atoms with Crippen LogP contribution >= 0.6 is 11.6 Å². The van der Waals surface area contributed by atoms with Gasteiger partial charge in [-0.2, -0.15) is 0 Å². The Balaban J connectivity index is 3.26. The first-order valence-electron chi connectivity index (χ1n) is 5.94. The molecule has 0 saturated carbocycles. The summed E-state index contributed by atoms with van der Waals surface area (Å²) in [5, 5.41) is 10.3. The third-order valence-electron chi connectivity index (χ3n) is 3.15. The molecule has 0 aromatic heterocycles. The van der Waals surface area contributed by atoms with Crippen LogP contribution in [-0.4, -0.2) is 23.5 Å². The summed E-state index contributed by atoms with van der Waals surface area (Å²) in [7, 11) is -3.55. The summed E-state index contributed by atoms with van der Waals surface area (Å²) in [5.74, 6) is -0.0901. The van der Waals surface area contributed by atoms with Gasteiger partial charge in [0.05, 0.1) is 0 Å². The lowest BCUT2D eigenvalue weighted by Gasteiger charge is -2.30. The number of alkyl halides is 1. The largest absolute Gasteiger partial charge is 0.385 e. The summed E-state index contributed by atoms with van der Waals surface area (Å²) in [6.07, 6.45) is -1.08. The molecule has 1 N–H and O–H groups in total. The molecule has 1 rings (SSSR count). The maximum atomic E-state index is 12.1. The summed E-state index contributed by atoms with van der Waals surface area (Å²) in [5.41, 5.74) is 1.49. The van der Waals surface area contributed by atoms with E-state index in [1.54, 1.807) is 25.1 Å². The fourth-order valence-electron chi connectivity index (χ4n) is 1.91. The van der Waals surface area contributed by atoms with E-state index in [1.165, 1.54) is 6.92 Å². The summed E-state index contributed by atoms with van der Waals surface area (Å²) in [6.45, 7) is 5.08. The lowest BCUT2D eigenvalue weighted by atomic mass is 10.0. The number of aliphatic hydroxyl groups is 1. The molecule has 0 saturated heterocycles. The fourth-order valence-corrected chi connectivity index (χ4v) is 3.76. The summed E-state index contributed by atoms with van der Waals surface area (Å²) < 4.78 is 22.5. The Morgan fingerprint density at radius 1 is 1.39 bits per heavy atom. The summed E-state index contributed by atoms with van der Waals surface area (Å²) in [4.78, 5) is 0. The fraction of sp³-hybridized carbons (Fsp3) is 0.538. The van der Waals surface area contributed by atoms with Crippen molar-refractivity contribution in [2.24, 2.45) is 0 Å². The molecule has 0 spiro atoms. The lowest BCUT2D eigenvalue weighted by molar-refractivity contribution is 0.154. The minimum absolute atomic E-state index is 0.0901. The minimum Gasteiger partial charge on any atom is -0.385 e. The molecule has 5 heteroatoms. The predicted octanol–water partition coefficient (Wildman–Crippen LogP) is 2.81. The normalized spacial score (nSPS) is 17.2. The number of hydrogen-bond acceptors (Lipinski definition) is 3. The first-order chi connectivity index (χ1) is 8.28. The van der Waals surface area contributed by atoms with Crippen molar-refractivity contribution in [2.45, 2.75) is 37.5 Å². The zero-order valence-corrected chi connectivity index (χ0v) is 12.4. The first kappa shape index (κ1) is 15.5. The average Bonchev–Trinajstić information content (AvgIpc) is 2.36. The number of aliphatic hydroxyl groups excluding tert-OH is 1. The van der Waals surface area contributed by atoms with Crippen LogP contribution in [0.25, 0.3) is 0 Å². The SMILES string of the molecule is CC[C@@](Cl)([C@H](O)c1cccc(C)c1)S(=O)(=O)CC. The first-order valence-corrected chi connectivity index (χ1v) is 7.97. The Hall–Kier alpha value is -0.580. The van der Waals surface area contributed by atoms with Gasteiger partial charge in [0.2, 0.25) is 0 Å². The van der Waals surface area contributed by atoms with Crippen LogP contribution in [0.15, 0.2) is 24.3 Å². The van der Waals surface area contributed by atoms with E-state index in [0.717, 1.165) is 5.56 Å². The highest BCUT2D eigenvalue weighted by Crippen LogP contribution is 2.40. The third-order valence-corrected chi connectivity index (χ3v) is 6.63. The Morgan fingerprint density at radius 3 is 2.44 bits per heavy atom. The molecule has 0 amide bonds. The molecular weight excluding hydrogens is 272 g/mol. The van der Waals surface area contributed by atoms with Crippen molar-refractivity contribution in [1.82, 2.24) is 0 Å². The van der Waals surface area contributed by atoms with Crippen LogP contribution in [-0.2, 0) is 9.84 Å². The smallest absolute Gasteiger partial charge is 0.175 e. The number of sulfone groups is 1. The van der Waals surface area contributed by atoms with Gasteiger partial charge in [-0.15, -0.1) is 0 Å². The molecule has 0 unspecified atom stereocenters. The van der Waals surface area contributed by atoms with Crippen LogP contribution in [0.5, 0.6) is 0 Å². The van der Waals surface area contributed by atoms with Crippen molar-refractivity contribution < 1.29 is 13.5 Å². The molecule has 2 atom stereocenters. The molecule has 0 fully saturated rings. The number of rotatable bonds is 5. The maximum absolute atomic E-state index is 12.1. The minimum atomic E-state index is -3.55. The zero-order valence-electron chi connectivity index (χ0n) is 10.9. The van der Waals surface area contributed by atoms with E-state index in [4.69, 9.17) is 11.6 Å². The molecule has 3 nitrogen and oxygen atoms in total. The van der Waals surface area contributed by atoms with Crippen molar-refractivity contribution in [3.05, 3.63) is 35.4 Å². The van der Waals surface area contributed by atoms with Gasteiger partial charge in [-0.1, -0.05) is 55.3 Å². The van der Waals surface area contributed by atoms with Crippen LogP contribution in [0.4, 0.5) is 0 Å². The predicted molar refractivity (Wildman–Crippen MR) is 74.5 cm³/mol. The molecule has 0 aliphatic rings. The molecular formula is C13H19ClO3S. The third kappa shape index (κ3) is 2.71. The number of hydrogen-bond donors (Lipinski definition) is 1. The van der Waals surface area contributed by atoms with Gasteiger partial charge in [0.25, 0.3) is 0 Å². The highest BCUT2D eigenvalue weighted by atomic mass is 35.5. The van der Waals surface area contributed by atoms with Crippen molar-refractivity contribution in [3.8, 4) is 0 Å². The molecule has 1 aromatic carbocycles. The number of halogens is 1. The van der Waals surface area contributed by atoms with Crippen LogP contribution in [0, 0.1) is 6.92 Å². The molecule has 0 radical (unpaired) electrons. The van der Waals surface area contributed by atoms with Crippen LogP contribution in [0.2, 0.25) is 0 Å². The Morgan fingerprint density at radius 2 is 2.00 bits per heavy atom. The highest BCUT2D eigenvalue weighted by molar-refractivity contribution is 7.94. The lowest BCUT2D eigenvalue weighted by Crippen LogP contribution is -2.39. The average molecular weight is 291 g/mol. The van der Waals surface area contributed by atoms with Gasteiger partial charge in [0.15, 0.2) is 14.0 Å². The molecule has 0 aliphatic carbocycles. The second kappa shape index (κ2) is 5.59. The Labute approximate surface area is 114 Å². The summed E-state index contributed by atoms with van der Waals surface area (Å²) in [6, 6.07) is 7.10. The number of aryl methyl sites for hydroxylation is 1.